The molecule has 17 nitrogen and oxygen atoms in total. The van der Waals surface area contributed by atoms with E-state index in [-0.39, 0.29) is 25.7 Å². The normalized spacial score (nSPS) is 14.2. The van der Waals surface area contributed by atoms with E-state index in [1.54, 1.807) is 0 Å². The first-order valence-electron chi connectivity index (χ1n) is 32.3. The Labute approximate surface area is 486 Å². The fourth-order valence-electron chi connectivity index (χ4n) is 9.10. The van der Waals surface area contributed by atoms with E-state index in [0.717, 1.165) is 116 Å². The van der Waals surface area contributed by atoms with Crippen LogP contribution in [-0.4, -0.2) is 96.7 Å². The highest BCUT2D eigenvalue weighted by Crippen LogP contribution is 2.45. The Bertz CT molecular complexity index is 1550. The van der Waals surface area contributed by atoms with Crippen molar-refractivity contribution in [2.45, 2.75) is 329 Å². The minimum Gasteiger partial charge on any atom is -0.462 e. The van der Waals surface area contributed by atoms with E-state index < -0.39 is 97.5 Å². The zero-order valence-corrected chi connectivity index (χ0v) is 52.8. The van der Waals surface area contributed by atoms with Crippen molar-refractivity contribution in [3.05, 3.63) is 0 Å². The summed E-state index contributed by atoms with van der Waals surface area (Å²) >= 11 is 0. The van der Waals surface area contributed by atoms with Crippen LogP contribution in [0.25, 0.3) is 0 Å². The standard InChI is InChI=1S/C61H118O17P2/c1-5-9-13-17-20-22-23-24-25-26-27-28-29-30-31-32-33-36-40-44-48-61(66)78-57(52-72-59(64)46-42-38-35-21-18-14-10-6-2)54-76-80(69,70)74-50-55(62)49-73-79(67,68)75-53-56(51-71-58(63)45-41-37-16-12-8-4)77-60(65)47-43-39-34-19-15-11-7-3/h55-57,62H,5-54H2,1-4H3,(H,67,68)(H,69,70)/t55-,56+,57+/m0/s1. The van der Waals surface area contributed by atoms with Gasteiger partial charge >= 0.3 is 39.5 Å². The van der Waals surface area contributed by atoms with Gasteiger partial charge in [0.1, 0.15) is 19.3 Å². The molecule has 2 unspecified atom stereocenters. The summed E-state index contributed by atoms with van der Waals surface area (Å²) in [6.45, 7) is 4.71. The minimum absolute atomic E-state index is 0.103. The number of ether oxygens (including phenoxy) is 4. The number of aliphatic hydroxyl groups excluding tert-OH is 1. The van der Waals surface area contributed by atoms with Gasteiger partial charge in [-0.25, -0.2) is 9.13 Å². The number of esters is 4. The molecular weight excluding hydrogens is 1070 g/mol. The van der Waals surface area contributed by atoms with Gasteiger partial charge in [0.15, 0.2) is 12.2 Å². The van der Waals surface area contributed by atoms with E-state index in [9.17, 15) is 43.2 Å². The fraction of sp³-hybridized carbons (Fsp3) is 0.934. The van der Waals surface area contributed by atoms with Crippen molar-refractivity contribution in [1.82, 2.24) is 0 Å². The van der Waals surface area contributed by atoms with Crippen LogP contribution in [0.3, 0.4) is 0 Å². The van der Waals surface area contributed by atoms with E-state index in [0.29, 0.717) is 25.7 Å². The molecule has 0 fully saturated rings. The van der Waals surface area contributed by atoms with Crippen molar-refractivity contribution in [2.75, 3.05) is 39.6 Å². The highest BCUT2D eigenvalue weighted by atomic mass is 31.2. The van der Waals surface area contributed by atoms with Crippen LogP contribution in [-0.2, 0) is 65.4 Å². The van der Waals surface area contributed by atoms with Gasteiger partial charge in [-0.1, -0.05) is 259 Å². The summed E-state index contributed by atoms with van der Waals surface area (Å²) in [5.41, 5.74) is 0. The average molecular weight is 1190 g/mol. The summed E-state index contributed by atoms with van der Waals surface area (Å²) in [5.74, 6) is -2.16. The van der Waals surface area contributed by atoms with Crippen molar-refractivity contribution in [3.63, 3.8) is 0 Å². The molecule has 0 saturated carbocycles. The molecule has 80 heavy (non-hydrogen) atoms. The maximum atomic E-state index is 12.9. The molecule has 3 N–H and O–H groups in total. The zero-order valence-electron chi connectivity index (χ0n) is 51.0. The predicted molar refractivity (Wildman–Crippen MR) is 317 cm³/mol. The molecule has 0 heterocycles. The van der Waals surface area contributed by atoms with Crippen LogP contribution in [0.4, 0.5) is 0 Å². The van der Waals surface area contributed by atoms with E-state index >= 15 is 0 Å². The summed E-state index contributed by atoms with van der Waals surface area (Å²) in [6.07, 6.45) is 41.1. The van der Waals surface area contributed by atoms with Gasteiger partial charge in [0.05, 0.1) is 26.4 Å². The molecule has 0 aromatic rings. The van der Waals surface area contributed by atoms with Gasteiger partial charge < -0.3 is 33.8 Å². The Balaban J connectivity index is 5.02. The predicted octanol–water partition coefficient (Wildman–Crippen LogP) is 16.8. The SMILES string of the molecule is CCCCCCCCCCCCCCCCCCCCCCC(=O)O[C@H](COC(=O)CCCCCCCCCC)COP(=O)(O)OC[C@@H](O)COP(=O)(O)OC[C@@H](COC(=O)CCCCCCC)OC(=O)CCCCCCCCC. The summed E-state index contributed by atoms with van der Waals surface area (Å²) in [6, 6.07) is 0. The highest BCUT2D eigenvalue weighted by molar-refractivity contribution is 7.47. The van der Waals surface area contributed by atoms with E-state index in [1.165, 1.54) is 116 Å². The molecule has 0 bridgehead atoms. The molecule has 0 saturated heterocycles. The molecule has 19 heteroatoms. The van der Waals surface area contributed by atoms with Crippen LogP contribution in [0.2, 0.25) is 0 Å². The lowest BCUT2D eigenvalue weighted by molar-refractivity contribution is -0.161. The molecule has 5 atom stereocenters. The van der Waals surface area contributed by atoms with Crippen LogP contribution < -0.4 is 0 Å². The van der Waals surface area contributed by atoms with Gasteiger partial charge in [0.2, 0.25) is 0 Å². The Morgan fingerprint density at radius 1 is 0.300 bits per heavy atom. The third-order valence-electron chi connectivity index (χ3n) is 14.1. The largest absolute Gasteiger partial charge is 0.472 e. The summed E-state index contributed by atoms with van der Waals surface area (Å²) in [4.78, 5) is 71.6. The van der Waals surface area contributed by atoms with Crippen LogP contribution >= 0.6 is 15.6 Å². The average Bonchev–Trinajstić information content (AvgIpc) is 3.43. The number of rotatable bonds is 62. The lowest BCUT2D eigenvalue weighted by Gasteiger charge is -2.21. The third kappa shape index (κ3) is 55.3. The van der Waals surface area contributed by atoms with Gasteiger partial charge in [-0.05, 0) is 25.7 Å². The molecule has 0 aliphatic heterocycles. The Morgan fingerprint density at radius 3 is 0.738 bits per heavy atom. The number of hydrogen-bond acceptors (Lipinski definition) is 15. The Hall–Kier alpha value is -1.94. The monoisotopic (exact) mass is 1180 g/mol. The van der Waals surface area contributed by atoms with Gasteiger partial charge in [0.25, 0.3) is 0 Å². The van der Waals surface area contributed by atoms with Crippen LogP contribution in [0.5, 0.6) is 0 Å². The smallest absolute Gasteiger partial charge is 0.462 e. The molecule has 0 rings (SSSR count). The van der Waals surface area contributed by atoms with Crippen LogP contribution in [0.15, 0.2) is 0 Å². The number of carbonyl (C=O) groups excluding carboxylic acids is 4. The molecule has 0 spiro atoms. The van der Waals surface area contributed by atoms with Crippen molar-refractivity contribution < 1.29 is 80.2 Å². The third-order valence-corrected chi connectivity index (χ3v) is 16.0. The zero-order chi connectivity index (χ0) is 59.1. The fourth-order valence-corrected chi connectivity index (χ4v) is 10.7. The molecule has 474 valence electrons. The van der Waals surface area contributed by atoms with E-state index in [1.807, 2.05) is 0 Å². The number of aliphatic hydroxyl groups is 1. The first-order chi connectivity index (χ1) is 38.7. The Morgan fingerprint density at radius 2 is 0.500 bits per heavy atom. The maximum Gasteiger partial charge on any atom is 0.472 e. The number of hydrogen-bond donors (Lipinski definition) is 3. The number of unbranched alkanes of at least 4 members (excludes halogenated alkanes) is 36. The molecule has 0 aromatic carbocycles. The molecular formula is C61H118O17P2. The summed E-state index contributed by atoms with van der Waals surface area (Å²) in [5, 5.41) is 10.5. The lowest BCUT2D eigenvalue weighted by Crippen LogP contribution is -2.30. The lowest BCUT2D eigenvalue weighted by atomic mass is 10.0. The topological polar surface area (TPSA) is 237 Å². The van der Waals surface area contributed by atoms with Gasteiger partial charge in [0, 0.05) is 25.7 Å². The minimum atomic E-state index is -4.94. The molecule has 0 radical (unpaired) electrons. The summed E-state index contributed by atoms with van der Waals surface area (Å²) in [7, 11) is -9.86. The first-order valence-corrected chi connectivity index (χ1v) is 35.3. The first kappa shape index (κ1) is 78.1. The quantitative estimate of drug-likeness (QED) is 0.0222. The van der Waals surface area contributed by atoms with Crippen LogP contribution in [0.1, 0.15) is 310 Å². The Kier molecular flexibility index (Phi) is 54.8. The van der Waals surface area contributed by atoms with E-state index in [2.05, 4.69) is 27.7 Å². The number of phosphoric ester groups is 2. The molecule has 0 aliphatic rings. The van der Waals surface area contributed by atoms with Crippen molar-refractivity contribution in [3.8, 4) is 0 Å². The van der Waals surface area contributed by atoms with Crippen molar-refractivity contribution >= 4 is 39.5 Å². The number of phosphoric acid groups is 2. The van der Waals surface area contributed by atoms with Crippen molar-refractivity contribution in [1.29, 1.82) is 0 Å². The second-order valence-electron chi connectivity index (χ2n) is 22.1. The van der Waals surface area contributed by atoms with Gasteiger partial charge in [-0.15, -0.1) is 0 Å². The molecule has 0 aliphatic carbocycles. The second kappa shape index (κ2) is 56.2. The molecule has 0 amide bonds. The van der Waals surface area contributed by atoms with E-state index in [4.69, 9.17) is 37.0 Å². The maximum absolute atomic E-state index is 12.9. The van der Waals surface area contributed by atoms with Crippen LogP contribution in [0, 0.1) is 0 Å². The van der Waals surface area contributed by atoms with Gasteiger partial charge in [-0.2, -0.15) is 0 Å². The summed E-state index contributed by atoms with van der Waals surface area (Å²) < 4.78 is 67.5. The molecule has 0 aromatic heterocycles. The second-order valence-corrected chi connectivity index (χ2v) is 25.0. The number of carbonyl (C=O) groups is 4. The van der Waals surface area contributed by atoms with Crippen molar-refractivity contribution in [2.24, 2.45) is 0 Å². The highest BCUT2D eigenvalue weighted by Gasteiger charge is 2.30. The van der Waals surface area contributed by atoms with Gasteiger partial charge in [-0.3, -0.25) is 37.3 Å².